The van der Waals surface area contributed by atoms with Gasteiger partial charge in [0.1, 0.15) is 0 Å². The minimum Gasteiger partial charge on any atom is -0.345 e. The van der Waals surface area contributed by atoms with Crippen LogP contribution in [0.25, 0.3) is 16.6 Å². The Morgan fingerprint density at radius 3 is 2.21 bits per heavy atom. The molecule has 5 nitrogen and oxygen atoms in total. The monoisotopic (exact) mass is 539 g/mol. The minimum atomic E-state index is -0.215. The second-order valence-electron chi connectivity index (χ2n) is 8.81. The molecule has 0 aliphatic rings. The molecule has 0 spiro atoms. The van der Waals surface area contributed by atoms with Crippen LogP contribution in [0.1, 0.15) is 30.0 Å². The molecular weight excluding hydrogens is 514 g/mol. The van der Waals surface area contributed by atoms with Gasteiger partial charge in [0.05, 0.1) is 22.6 Å². The third-order valence-electron chi connectivity index (χ3n) is 6.16. The Balaban J connectivity index is 1.30. The second-order valence-corrected chi connectivity index (χ2v) is 10.3. The fourth-order valence-corrected chi connectivity index (χ4v) is 5.47. The van der Waals surface area contributed by atoms with E-state index >= 15 is 0 Å². The van der Waals surface area contributed by atoms with Crippen molar-refractivity contribution in [1.29, 1.82) is 0 Å². The lowest BCUT2D eigenvalue weighted by Crippen LogP contribution is -2.29. The number of fused-ring (bicyclic) bond motifs is 1. The molecule has 38 heavy (non-hydrogen) atoms. The highest BCUT2D eigenvalue weighted by Crippen LogP contribution is 2.25. The molecule has 0 radical (unpaired) electrons. The Hall–Kier alpha value is -3.87. The summed E-state index contributed by atoms with van der Waals surface area (Å²) in [6.45, 7) is 0. The van der Waals surface area contributed by atoms with Gasteiger partial charge >= 0.3 is 0 Å². The topological polar surface area (TPSA) is 64.0 Å². The van der Waals surface area contributed by atoms with E-state index in [1.54, 1.807) is 22.8 Å². The molecule has 0 aliphatic carbocycles. The summed E-state index contributed by atoms with van der Waals surface area (Å²) in [7, 11) is 0. The Labute approximate surface area is 230 Å². The summed E-state index contributed by atoms with van der Waals surface area (Å²) in [4.78, 5) is 31.1. The van der Waals surface area contributed by atoms with Gasteiger partial charge in [0.15, 0.2) is 5.16 Å². The Bertz CT molecular complexity index is 1570. The molecule has 0 aliphatic heterocycles. The highest BCUT2D eigenvalue weighted by atomic mass is 35.5. The fraction of sp³-hybridized carbons (Fsp3) is 0.129. The molecular formula is C31H26ClN3O2S. The zero-order valence-corrected chi connectivity index (χ0v) is 22.2. The third kappa shape index (κ3) is 5.98. The number of hydrogen-bond acceptors (Lipinski definition) is 4. The highest BCUT2D eigenvalue weighted by molar-refractivity contribution is 7.99. The van der Waals surface area contributed by atoms with E-state index in [1.807, 2.05) is 91.0 Å². The van der Waals surface area contributed by atoms with E-state index in [1.165, 1.54) is 11.8 Å². The first-order valence-electron chi connectivity index (χ1n) is 12.4. The van der Waals surface area contributed by atoms with Crippen LogP contribution < -0.4 is 10.9 Å². The molecule has 7 heteroatoms. The zero-order valence-electron chi connectivity index (χ0n) is 20.6. The number of halogens is 1. The highest BCUT2D eigenvalue weighted by Gasteiger charge is 2.17. The van der Waals surface area contributed by atoms with E-state index in [0.717, 1.165) is 11.1 Å². The van der Waals surface area contributed by atoms with E-state index in [9.17, 15) is 9.59 Å². The molecule has 0 atom stereocenters. The van der Waals surface area contributed by atoms with Gasteiger partial charge in [0.25, 0.3) is 5.56 Å². The number of nitrogens with zero attached hydrogens (tertiary/aromatic N) is 2. The molecule has 5 aromatic rings. The Kier molecular flexibility index (Phi) is 8.22. The molecule has 190 valence electrons. The van der Waals surface area contributed by atoms with Crippen molar-refractivity contribution in [2.45, 2.75) is 24.0 Å². The molecule has 1 aromatic heterocycles. The first-order valence-corrected chi connectivity index (χ1v) is 13.8. The SMILES string of the molecule is O=C(CCCSc1nc2ccccc2c(=O)n1-c1cccc(Cl)c1)NC(c1ccccc1)c1ccccc1. The molecule has 1 amide bonds. The number of carbonyl (C=O) groups excluding carboxylic acids is 1. The number of benzene rings is 4. The van der Waals surface area contributed by atoms with Gasteiger partial charge in [0.2, 0.25) is 5.91 Å². The average molecular weight is 540 g/mol. The first-order chi connectivity index (χ1) is 18.6. The predicted octanol–water partition coefficient (Wildman–Crippen LogP) is 6.82. The maximum Gasteiger partial charge on any atom is 0.266 e. The van der Waals surface area contributed by atoms with Gasteiger partial charge < -0.3 is 5.32 Å². The van der Waals surface area contributed by atoms with Crippen molar-refractivity contribution in [3.63, 3.8) is 0 Å². The van der Waals surface area contributed by atoms with E-state index in [4.69, 9.17) is 16.6 Å². The third-order valence-corrected chi connectivity index (χ3v) is 7.42. The molecule has 5 rings (SSSR count). The molecule has 0 bridgehead atoms. The lowest BCUT2D eigenvalue weighted by molar-refractivity contribution is -0.121. The van der Waals surface area contributed by atoms with Crippen LogP contribution in [-0.2, 0) is 4.79 Å². The average Bonchev–Trinajstić information content (AvgIpc) is 2.95. The van der Waals surface area contributed by atoms with Gasteiger partial charge in [-0.25, -0.2) is 4.98 Å². The maximum absolute atomic E-state index is 13.4. The number of carbonyl (C=O) groups is 1. The molecule has 1 heterocycles. The van der Waals surface area contributed by atoms with Crippen LogP contribution in [0.2, 0.25) is 5.02 Å². The number of rotatable bonds is 9. The van der Waals surface area contributed by atoms with Crippen molar-refractivity contribution in [3.05, 3.63) is 136 Å². The number of hydrogen-bond donors (Lipinski definition) is 1. The van der Waals surface area contributed by atoms with Crippen molar-refractivity contribution >= 4 is 40.2 Å². The van der Waals surface area contributed by atoms with Crippen LogP contribution in [0.15, 0.2) is 119 Å². The van der Waals surface area contributed by atoms with Crippen LogP contribution in [-0.4, -0.2) is 21.2 Å². The van der Waals surface area contributed by atoms with Gasteiger partial charge in [0, 0.05) is 17.2 Å². The molecule has 0 saturated carbocycles. The molecule has 1 N–H and O–H groups in total. The van der Waals surface area contributed by atoms with Crippen LogP contribution >= 0.6 is 23.4 Å². The molecule has 0 unspecified atom stereocenters. The fourth-order valence-electron chi connectivity index (χ4n) is 4.33. The summed E-state index contributed by atoms with van der Waals surface area (Å²) in [6.07, 6.45) is 0.989. The largest absolute Gasteiger partial charge is 0.345 e. The normalized spacial score (nSPS) is 11.1. The number of para-hydroxylation sites is 1. The molecule has 4 aromatic carbocycles. The van der Waals surface area contributed by atoms with E-state index in [-0.39, 0.29) is 17.5 Å². The van der Waals surface area contributed by atoms with Crippen LogP contribution in [0.3, 0.4) is 0 Å². The van der Waals surface area contributed by atoms with Gasteiger partial charge in [-0.3, -0.25) is 14.2 Å². The van der Waals surface area contributed by atoms with Crippen molar-refractivity contribution < 1.29 is 4.79 Å². The van der Waals surface area contributed by atoms with Crippen molar-refractivity contribution in [3.8, 4) is 5.69 Å². The maximum atomic E-state index is 13.4. The predicted molar refractivity (Wildman–Crippen MR) is 155 cm³/mol. The number of nitrogens with one attached hydrogen (secondary N) is 1. The van der Waals surface area contributed by atoms with Gasteiger partial charge in [-0.05, 0) is 47.9 Å². The smallest absolute Gasteiger partial charge is 0.266 e. The standard InChI is InChI=1S/C31H26ClN3O2S/c32-24-15-9-16-25(21-24)35-30(37)26-17-7-8-18-27(26)33-31(35)38-20-10-19-28(36)34-29(22-11-3-1-4-12-22)23-13-5-2-6-14-23/h1-9,11-18,21,29H,10,19-20H2,(H,34,36). The van der Waals surface area contributed by atoms with Gasteiger partial charge in [-0.15, -0.1) is 0 Å². The van der Waals surface area contributed by atoms with Crippen molar-refractivity contribution in [2.24, 2.45) is 0 Å². The van der Waals surface area contributed by atoms with E-state index in [2.05, 4.69) is 5.32 Å². The summed E-state index contributed by atoms with van der Waals surface area (Å²) in [5, 5.41) is 4.85. The van der Waals surface area contributed by atoms with Gasteiger partial charge in [-0.2, -0.15) is 0 Å². The lowest BCUT2D eigenvalue weighted by atomic mass is 9.98. The van der Waals surface area contributed by atoms with E-state index in [0.29, 0.717) is 45.4 Å². The first kappa shape index (κ1) is 25.8. The van der Waals surface area contributed by atoms with Crippen LogP contribution in [0.4, 0.5) is 0 Å². The molecule has 0 saturated heterocycles. The Morgan fingerprint density at radius 2 is 1.53 bits per heavy atom. The summed E-state index contributed by atoms with van der Waals surface area (Å²) < 4.78 is 1.60. The number of thioether (sulfide) groups is 1. The van der Waals surface area contributed by atoms with Crippen LogP contribution in [0.5, 0.6) is 0 Å². The summed E-state index contributed by atoms with van der Waals surface area (Å²) in [5.74, 6) is 0.599. The molecule has 0 fully saturated rings. The number of amides is 1. The lowest BCUT2D eigenvalue weighted by Gasteiger charge is -2.20. The zero-order chi connectivity index (χ0) is 26.3. The van der Waals surface area contributed by atoms with E-state index < -0.39 is 0 Å². The second kappa shape index (κ2) is 12.1. The summed E-state index contributed by atoms with van der Waals surface area (Å²) in [6, 6.07) is 34.2. The van der Waals surface area contributed by atoms with Crippen LogP contribution in [0, 0.1) is 0 Å². The summed E-state index contributed by atoms with van der Waals surface area (Å²) in [5.41, 5.74) is 3.23. The van der Waals surface area contributed by atoms with Crippen molar-refractivity contribution in [1.82, 2.24) is 14.9 Å². The van der Waals surface area contributed by atoms with Crippen molar-refractivity contribution in [2.75, 3.05) is 5.75 Å². The minimum absolute atomic E-state index is 0.0259. The van der Waals surface area contributed by atoms with Gasteiger partial charge in [-0.1, -0.05) is 102 Å². The number of aromatic nitrogens is 2. The Morgan fingerprint density at radius 1 is 0.868 bits per heavy atom. The summed E-state index contributed by atoms with van der Waals surface area (Å²) >= 11 is 7.68. The quantitative estimate of drug-likeness (QED) is 0.127.